The van der Waals surface area contributed by atoms with Crippen molar-refractivity contribution in [2.75, 3.05) is 6.54 Å². The first-order valence-corrected chi connectivity index (χ1v) is 7.59. The Hall–Kier alpha value is -0.730. The minimum absolute atomic E-state index is 0. The molecule has 21 heavy (non-hydrogen) atoms. The molecule has 0 aliphatic carbocycles. The van der Waals surface area contributed by atoms with Gasteiger partial charge in [0.2, 0.25) is 0 Å². The van der Waals surface area contributed by atoms with Gasteiger partial charge in [0.05, 0.1) is 0 Å². The highest BCUT2D eigenvalue weighted by atomic mass is 35.5. The van der Waals surface area contributed by atoms with E-state index in [0.717, 1.165) is 17.7 Å². The monoisotopic (exact) mass is 313 g/mol. The molecule has 1 aromatic carbocycles. The van der Waals surface area contributed by atoms with Gasteiger partial charge in [-0.3, -0.25) is 0 Å². The number of phenols is 1. The van der Waals surface area contributed by atoms with Crippen LogP contribution in [-0.4, -0.2) is 11.7 Å². The van der Waals surface area contributed by atoms with Gasteiger partial charge < -0.3 is 10.4 Å². The number of nitrogens with one attached hydrogen (secondary N) is 1. The highest BCUT2D eigenvalue weighted by Gasteiger charge is 2.27. The summed E-state index contributed by atoms with van der Waals surface area (Å²) in [5.74, 6) is 0.456. The van der Waals surface area contributed by atoms with Crippen molar-refractivity contribution < 1.29 is 5.11 Å². The summed E-state index contributed by atoms with van der Waals surface area (Å²) in [6.07, 6.45) is 0. The van der Waals surface area contributed by atoms with E-state index in [1.165, 1.54) is 5.56 Å². The number of aromatic hydroxyl groups is 1. The van der Waals surface area contributed by atoms with Gasteiger partial charge in [-0.15, -0.1) is 12.4 Å². The van der Waals surface area contributed by atoms with Gasteiger partial charge in [0.25, 0.3) is 0 Å². The fraction of sp³-hybridized carbons (Fsp3) is 0.667. The predicted octanol–water partition coefficient (Wildman–Crippen LogP) is 5.08. The van der Waals surface area contributed by atoms with Crippen LogP contribution in [0, 0.1) is 0 Å². The van der Waals surface area contributed by atoms with E-state index in [2.05, 4.69) is 72.8 Å². The Labute approximate surface area is 136 Å². The van der Waals surface area contributed by atoms with E-state index in [1.807, 2.05) is 0 Å². The van der Waals surface area contributed by atoms with Crippen molar-refractivity contribution in [1.29, 1.82) is 0 Å². The molecule has 0 fully saturated rings. The van der Waals surface area contributed by atoms with Crippen molar-refractivity contribution in [1.82, 2.24) is 5.32 Å². The van der Waals surface area contributed by atoms with Gasteiger partial charge in [0, 0.05) is 6.04 Å². The average Bonchev–Trinajstić information content (AvgIpc) is 2.26. The molecule has 0 heterocycles. The maximum Gasteiger partial charge on any atom is 0.123 e. The van der Waals surface area contributed by atoms with Crippen LogP contribution in [-0.2, 0) is 10.8 Å². The molecule has 0 bridgehead atoms. The SMILES string of the molecule is CCNC(C)c1cc(C(C)(C)C)c(O)c(C(C)(C)C)c1.Cl. The fourth-order valence-electron chi connectivity index (χ4n) is 2.47. The van der Waals surface area contributed by atoms with Crippen LogP contribution in [0.5, 0.6) is 5.75 Å². The summed E-state index contributed by atoms with van der Waals surface area (Å²) >= 11 is 0. The Kier molecular flexibility index (Phi) is 6.78. The van der Waals surface area contributed by atoms with Crippen LogP contribution >= 0.6 is 12.4 Å². The van der Waals surface area contributed by atoms with Crippen molar-refractivity contribution in [3.05, 3.63) is 28.8 Å². The minimum Gasteiger partial charge on any atom is -0.507 e. The molecule has 2 N–H and O–H groups in total. The second kappa shape index (κ2) is 7.02. The summed E-state index contributed by atoms with van der Waals surface area (Å²) in [4.78, 5) is 0. The Morgan fingerprint density at radius 2 is 1.38 bits per heavy atom. The van der Waals surface area contributed by atoms with Crippen molar-refractivity contribution in [2.24, 2.45) is 0 Å². The number of benzene rings is 1. The summed E-state index contributed by atoms with van der Waals surface area (Å²) in [6.45, 7) is 18.1. The molecule has 0 spiro atoms. The number of hydrogen-bond acceptors (Lipinski definition) is 2. The van der Waals surface area contributed by atoms with Crippen molar-refractivity contribution in [3.8, 4) is 5.75 Å². The average molecular weight is 314 g/mol. The molecule has 2 nitrogen and oxygen atoms in total. The zero-order valence-electron chi connectivity index (χ0n) is 14.8. The molecule has 0 radical (unpaired) electrons. The molecule has 0 aliphatic rings. The van der Waals surface area contributed by atoms with Gasteiger partial charge >= 0.3 is 0 Å². The number of hydrogen-bond donors (Lipinski definition) is 2. The Balaban J connectivity index is 0.00000400. The van der Waals surface area contributed by atoms with Crippen LogP contribution in [0.4, 0.5) is 0 Å². The van der Waals surface area contributed by atoms with Crippen molar-refractivity contribution >= 4 is 12.4 Å². The maximum atomic E-state index is 10.7. The first-order chi connectivity index (χ1) is 8.98. The van der Waals surface area contributed by atoms with Gasteiger partial charge in [0.15, 0.2) is 0 Å². The smallest absolute Gasteiger partial charge is 0.123 e. The quantitative estimate of drug-likeness (QED) is 0.815. The molecule has 0 saturated carbocycles. The van der Waals surface area contributed by atoms with E-state index in [9.17, 15) is 5.11 Å². The maximum absolute atomic E-state index is 10.7. The molecule has 1 unspecified atom stereocenters. The van der Waals surface area contributed by atoms with E-state index < -0.39 is 0 Å². The lowest BCUT2D eigenvalue weighted by Crippen LogP contribution is -2.22. The number of phenolic OH excluding ortho intramolecular Hbond substituents is 1. The number of halogens is 1. The Bertz CT molecular complexity index is 434. The second-order valence-electron chi connectivity index (χ2n) is 7.74. The summed E-state index contributed by atoms with van der Waals surface area (Å²) in [5.41, 5.74) is 3.19. The summed E-state index contributed by atoms with van der Waals surface area (Å²) in [6, 6.07) is 4.60. The van der Waals surface area contributed by atoms with Crippen LogP contribution < -0.4 is 5.32 Å². The van der Waals surface area contributed by atoms with E-state index in [-0.39, 0.29) is 23.2 Å². The third-order valence-electron chi connectivity index (χ3n) is 3.76. The molecule has 3 heteroatoms. The van der Waals surface area contributed by atoms with Crippen LogP contribution in [0.1, 0.15) is 78.1 Å². The normalized spacial score (nSPS) is 13.7. The standard InChI is InChI=1S/C18H31NO.ClH/c1-9-19-12(2)13-10-14(17(3,4)5)16(20)15(11-13)18(6,7)8;/h10-12,19-20H,9H2,1-8H3;1H. The highest BCUT2D eigenvalue weighted by Crippen LogP contribution is 2.40. The molecule has 0 aliphatic heterocycles. The lowest BCUT2D eigenvalue weighted by Gasteiger charge is -2.29. The lowest BCUT2D eigenvalue weighted by molar-refractivity contribution is 0.421. The van der Waals surface area contributed by atoms with Crippen molar-refractivity contribution in [3.63, 3.8) is 0 Å². The molecule has 1 atom stereocenters. The second-order valence-corrected chi connectivity index (χ2v) is 7.74. The van der Waals surface area contributed by atoms with Crippen LogP contribution in [0.15, 0.2) is 12.1 Å². The minimum atomic E-state index is -0.0635. The van der Waals surface area contributed by atoms with Crippen LogP contribution in [0.3, 0.4) is 0 Å². The zero-order valence-corrected chi connectivity index (χ0v) is 15.6. The van der Waals surface area contributed by atoms with E-state index in [0.29, 0.717) is 11.8 Å². The van der Waals surface area contributed by atoms with Gasteiger partial charge in [-0.05, 0) is 41.0 Å². The van der Waals surface area contributed by atoms with Gasteiger partial charge in [0.1, 0.15) is 5.75 Å². The molecule has 122 valence electrons. The topological polar surface area (TPSA) is 32.3 Å². The molecule has 0 saturated heterocycles. The zero-order chi connectivity index (χ0) is 15.7. The molecule has 0 aromatic heterocycles. The molecule has 1 rings (SSSR count). The summed E-state index contributed by atoms with van der Waals surface area (Å²) < 4.78 is 0. The first-order valence-electron chi connectivity index (χ1n) is 7.59. The molecular weight excluding hydrogens is 282 g/mol. The van der Waals surface area contributed by atoms with E-state index in [4.69, 9.17) is 0 Å². The summed E-state index contributed by atoms with van der Waals surface area (Å²) in [7, 11) is 0. The van der Waals surface area contributed by atoms with Crippen LogP contribution in [0.25, 0.3) is 0 Å². The van der Waals surface area contributed by atoms with Crippen molar-refractivity contribution in [2.45, 2.75) is 72.3 Å². The van der Waals surface area contributed by atoms with E-state index in [1.54, 1.807) is 0 Å². The molecular formula is C18H32ClNO. The fourth-order valence-corrected chi connectivity index (χ4v) is 2.47. The third-order valence-corrected chi connectivity index (χ3v) is 3.76. The molecule has 0 amide bonds. The van der Waals surface area contributed by atoms with Crippen LogP contribution in [0.2, 0.25) is 0 Å². The van der Waals surface area contributed by atoms with Gasteiger partial charge in [-0.1, -0.05) is 60.6 Å². The summed E-state index contributed by atoms with van der Waals surface area (Å²) in [5, 5.41) is 14.1. The first kappa shape index (κ1) is 20.3. The molecule has 1 aromatic rings. The largest absolute Gasteiger partial charge is 0.507 e. The highest BCUT2D eigenvalue weighted by molar-refractivity contribution is 5.85. The number of rotatable bonds is 3. The third kappa shape index (κ3) is 4.89. The van der Waals surface area contributed by atoms with Gasteiger partial charge in [-0.25, -0.2) is 0 Å². The van der Waals surface area contributed by atoms with E-state index >= 15 is 0 Å². The van der Waals surface area contributed by atoms with Gasteiger partial charge in [-0.2, -0.15) is 0 Å². The lowest BCUT2D eigenvalue weighted by atomic mass is 9.78. The Morgan fingerprint density at radius 3 is 1.67 bits per heavy atom. The Morgan fingerprint density at radius 1 is 1.00 bits per heavy atom. The predicted molar refractivity (Wildman–Crippen MR) is 94.8 cm³/mol.